The molecule has 1 fully saturated rings. The second kappa shape index (κ2) is 11.6. The maximum Gasteiger partial charge on any atom is 0.416 e. The molecule has 0 N–H and O–H groups in total. The number of nitrogens with zero attached hydrogens (tertiary/aromatic N) is 2. The molecule has 1 aromatic heterocycles. The zero-order chi connectivity index (χ0) is 26.5. The van der Waals surface area contributed by atoms with Crippen molar-refractivity contribution in [1.29, 1.82) is 0 Å². The molecule has 0 atom stereocenters. The predicted octanol–water partition coefficient (Wildman–Crippen LogP) is 8.77. The Hall–Kier alpha value is -3.32. The normalized spacial score (nSPS) is 15.1. The van der Waals surface area contributed by atoms with Crippen molar-refractivity contribution in [3.05, 3.63) is 99.7 Å². The van der Waals surface area contributed by atoms with Crippen molar-refractivity contribution in [2.45, 2.75) is 57.2 Å². The van der Waals surface area contributed by atoms with Crippen molar-refractivity contribution in [3.8, 4) is 17.0 Å². The Morgan fingerprint density at radius 2 is 1.68 bits per heavy atom. The summed E-state index contributed by atoms with van der Waals surface area (Å²) in [6.07, 6.45) is 2.76. The summed E-state index contributed by atoms with van der Waals surface area (Å²) in [6, 6.07) is 22.0. The molecule has 0 spiro atoms. The second-order valence-electron chi connectivity index (χ2n) is 9.77. The van der Waals surface area contributed by atoms with E-state index in [1.54, 1.807) is 13.2 Å². The van der Waals surface area contributed by atoms with Crippen LogP contribution in [0.3, 0.4) is 0 Å². The third-order valence-electron chi connectivity index (χ3n) is 7.26. The maximum absolute atomic E-state index is 13.3. The van der Waals surface area contributed by atoms with Gasteiger partial charge in [0.2, 0.25) is 0 Å². The lowest BCUT2D eigenvalue weighted by atomic mass is 9.84. The number of ether oxygens (including phenoxy) is 1. The standard InChI is InChI=1S/C31H31F3N2OS/c1-37-28-16-10-22(11-17-28)18-19-36-29(25-14-12-24(13-15-25)23-6-3-2-4-7-23)21-38-30(36)35-27-9-5-8-26(20-27)31(32,33)34/h5,8-17,20-21,23H,2-4,6-7,18-19H2,1H3. The fraction of sp³-hybridized carbons (Fsp3) is 0.323. The van der Waals surface area contributed by atoms with Crippen molar-refractivity contribution in [3.63, 3.8) is 0 Å². The molecule has 0 aliphatic heterocycles. The largest absolute Gasteiger partial charge is 0.497 e. The third-order valence-corrected chi connectivity index (χ3v) is 8.13. The summed E-state index contributed by atoms with van der Waals surface area (Å²) in [5.74, 6) is 1.44. The van der Waals surface area contributed by atoms with Gasteiger partial charge in [0, 0.05) is 11.9 Å². The molecule has 38 heavy (non-hydrogen) atoms. The van der Waals surface area contributed by atoms with Gasteiger partial charge in [-0.05, 0) is 72.2 Å². The molecule has 4 aromatic rings. The van der Waals surface area contributed by atoms with Crippen LogP contribution in [0.5, 0.6) is 5.75 Å². The number of thiazole rings is 1. The summed E-state index contributed by atoms with van der Waals surface area (Å²) >= 11 is 1.45. The van der Waals surface area contributed by atoms with Gasteiger partial charge in [0.05, 0.1) is 24.1 Å². The molecule has 0 bridgehead atoms. The minimum Gasteiger partial charge on any atom is -0.497 e. The van der Waals surface area contributed by atoms with E-state index in [-0.39, 0.29) is 0 Å². The van der Waals surface area contributed by atoms with Gasteiger partial charge in [-0.25, -0.2) is 4.99 Å². The van der Waals surface area contributed by atoms with Gasteiger partial charge in [-0.1, -0.05) is 61.7 Å². The van der Waals surface area contributed by atoms with Gasteiger partial charge in [0.25, 0.3) is 0 Å². The van der Waals surface area contributed by atoms with Gasteiger partial charge in [-0.3, -0.25) is 0 Å². The van der Waals surface area contributed by atoms with E-state index in [9.17, 15) is 13.2 Å². The zero-order valence-electron chi connectivity index (χ0n) is 21.4. The van der Waals surface area contributed by atoms with Crippen molar-refractivity contribution < 1.29 is 17.9 Å². The Bertz CT molecular complexity index is 1410. The van der Waals surface area contributed by atoms with E-state index in [1.165, 1.54) is 55.1 Å². The summed E-state index contributed by atoms with van der Waals surface area (Å²) in [4.78, 5) is 5.32. The first kappa shape index (κ1) is 26.3. The third kappa shape index (κ3) is 6.21. The van der Waals surface area contributed by atoms with E-state index in [1.807, 2.05) is 24.3 Å². The van der Waals surface area contributed by atoms with Crippen LogP contribution in [0.1, 0.15) is 54.7 Å². The molecular weight excluding hydrogens is 505 g/mol. The minimum atomic E-state index is -4.41. The Kier molecular flexibility index (Phi) is 8.03. The highest BCUT2D eigenvalue weighted by atomic mass is 32.1. The number of halogens is 3. The summed E-state index contributed by atoms with van der Waals surface area (Å²) in [7, 11) is 1.64. The van der Waals surface area contributed by atoms with Crippen molar-refractivity contribution >= 4 is 17.0 Å². The fourth-order valence-corrected chi connectivity index (χ4v) is 6.08. The molecule has 1 aliphatic carbocycles. The number of aromatic nitrogens is 1. The van der Waals surface area contributed by atoms with Crippen LogP contribution < -0.4 is 9.54 Å². The van der Waals surface area contributed by atoms with Crippen LogP contribution in [0.25, 0.3) is 11.3 Å². The van der Waals surface area contributed by atoms with Crippen LogP contribution >= 0.6 is 11.3 Å². The molecule has 0 amide bonds. The monoisotopic (exact) mass is 536 g/mol. The van der Waals surface area contributed by atoms with Gasteiger partial charge in [0.15, 0.2) is 4.80 Å². The molecular formula is C31H31F3N2OS. The number of alkyl halides is 3. The lowest BCUT2D eigenvalue weighted by molar-refractivity contribution is -0.137. The first-order chi connectivity index (χ1) is 18.4. The molecule has 0 radical (unpaired) electrons. The van der Waals surface area contributed by atoms with E-state index >= 15 is 0 Å². The first-order valence-corrected chi connectivity index (χ1v) is 13.9. The molecule has 3 aromatic carbocycles. The SMILES string of the molecule is COc1ccc(CCn2c(-c3ccc(C4CCCCC4)cc3)csc2=Nc2cccc(C(F)(F)F)c2)cc1. The Balaban J connectivity index is 1.49. The van der Waals surface area contributed by atoms with E-state index in [0.29, 0.717) is 23.0 Å². The summed E-state index contributed by atoms with van der Waals surface area (Å²) in [6.45, 7) is 0.646. The van der Waals surface area contributed by atoms with Gasteiger partial charge < -0.3 is 9.30 Å². The molecule has 5 rings (SSSR count). The topological polar surface area (TPSA) is 26.5 Å². The van der Waals surface area contributed by atoms with Crippen LogP contribution in [0.2, 0.25) is 0 Å². The van der Waals surface area contributed by atoms with Gasteiger partial charge in [-0.15, -0.1) is 11.3 Å². The quantitative estimate of drug-likeness (QED) is 0.232. The highest BCUT2D eigenvalue weighted by molar-refractivity contribution is 7.07. The molecule has 1 aliphatic rings. The molecule has 1 heterocycles. The molecule has 7 heteroatoms. The van der Waals surface area contributed by atoms with Crippen molar-refractivity contribution in [2.24, 2.45) is 4.99 Å². The number of methoxy groups -OCH3 is 1. The average Bonchev–Trinajstić information content (AvgIpc) is 3.34. The summed E-state index contributed by atoms with van der Waals surface area (Å²) in [5, 5.41) is 2.05. The molecule has 198 valence electrons. The van der Waals surface area contributed by atoms with Crippen LogP contribution in [0, 0.1) is 0 Å². The molecule has 3 nitrogen and oxygen atoms in total. The summed E-state index contributed by atoms with van der Waals surface area (Å²) < 4.78 is 47.2. The first-order valence-electron chi connectivity index (χ1n) is 13.0. The van der Waals surface area contributed by atoms with Crippen LogP contribution in [0.15, 0.2) is 83.2 Å². The van der Waals surface area contributed by atoms with Crippen molar-refractivity contribution in [2.75, 3.05) is 7.11 Å². The smallest absolute Gasteiger partial charge is 0.416 e. The second-order valence-corrected chi connectivity index (χ2v) is 10.6. The van der Waals surface area contributed by atoms with Gasteiger partial charge in [0.1, 0.15) is 5.75 Å². The van der Waals surface area contributed by atoms with Gasteiger partial charge in [-0.2, -0.15) is 13.2 Å². The van der Waals surface area contributed by atoms with E-state index < -0.39 is 11.7 Å². The van der Waals surface area contributed by atoms with Gasteiger partial charge >= 0.3 is 6.18 Å². The highest BCUT2D eigenvalue weighted by Gasteiger charge is 2.30. The average molecular weight is 537 g/mol. The zero-order valence-corrected chi connectivity index (χ0v) is 22.2. The van der Waals surface area contributed by atoms with E-state index in [0.717, 1.165) is 41.1 Å². The number of rotatable bonds is 7. The molecule has 1 saturated carbocycles. The highest BCUT2D eigenvalue weighted by Crippen LogP contribution is 2.34. The Morgan fingerprint density at radius 1 is 0.947 bits per heavy atom. The Labute approximate surface area is 225 Å². The van der Waals surface area contributed by atoms with Crippen LogP contribution in [-0.2, 0) is 19.1 Å². The minimum absolute atomic E-state index is 0.291. The number of aryl methyl sites for hydroxylation is 1. The summed E-state index contributed by atoms with van der Waals surface area (Å²) in [5.41, 5.74) is 4.23. The number of benzene rings is 3. The van der Waals surface area contributed by atoms with E-state index in [2.05, 4.69) is 39.2 Å². The number of hydrogen-bond donors (Lipinski definition) is 0. The van der Waals surface area contributed by atoms with Crippen LogP contribution in [0.4, 0.5) is 18.9 Å². The van der Waals surface area contributed by atoms with Crippen molar-refractivity contribution in [1.82, 2.24) is 4.57 Å². The maximum atomic E-state index is 13.3. The van der Waals surface area contributed by atoms with Crippen LogP contribution in [-0.4, -0.2) is 11.7 Å². The number of hydrogen-bond acceptors (Lipinski definition) is 3. The fourth-order valence-electron chi connectivity index (χ4n) is 5.12. The van der Waals surface area contributed by atoms with E-state index in [4.69, 9.17) is 4.74 Å². The lowest BCUT2D eigenvalue weighted by Gasteiger charge is -2.22. The molecule has 0 saturated heterocycles. The molecule has 0 unspecified atom stereocenters. The Morgan fingerprint density at radius 3 is 2.37 bits per heavy atom. The lowest BCUT2D eigenvalue weighted by Crippen LogP contribution is -2.17. The predicted molar refractivity (Wildman–Crippen MR) is 147 cm³/mol.